The van der Waals surface area contributed by atoms with Crippen molar-refractivity contribution in [3.63, 3.8) is 0 Å². The molecule has 4 rings (SSSR count). The summed E-state index contributed by atoms with van der Waals surface area (Å²) in [7, 11) is 0. The third-order valence-electron chi connectivity index (χ3n) is 3.93. The van der Waals surface area contributed by atoms with Gasteiger partial charge in [-0.25, -0.2) is 4.99 Å². The van der Waals surface area contributed by atoms with Crippen LogP contribution < -0.4 is 0 Å². The van der Waals surface area contributed by atoms with Crippen LogP contribution in [0.4, 0.5) is 11.6 Å². The molecule has 0 amide bonds. The van der Waals surface area contributed by atoms with Crippen LogP contribution in [-0.2, 0) is 0 Å². The van der Waals surface area contributed by atoms with Crippen LogP contribution in [0, 0.1) is 21.4 Å². The van der Waals surface area contributed by atoms with E-state index in [0.717, 1.165) is 0 Å². The molecule has 8 nitrogen and oxygen atoms in total. The third kappa shape index (κ3) is 3.08. The van der Waals surface area contributed by atoms with E-state index in [1.807, 2.05) is 0 Å². The number of hydrogen-bond acceptors (Lipinski definition) is 7. The predicted octanol–water partition coefficient (Wildman–Crippen LogP) is 5.33. The molecular weight excluding hydrogens is 362 g/mol. The minimum Gasteiger partial charge on any atom is -0.464 e. The summed E-state index contributed by atoms with van der Waals surface area (Å²) in [5, 5.41) is 20.6. The fourth-order valence-electron chi connectivity index (χ4n) is 2.70. The topological polar surface area (TPSA) is 119 Å². The van der Waals surface area contributed by atoms with Gasteiger partial charge in [0.15, 0.2) is 11.5 Å². The summed E-state index contributed by atoms with van der Waals surface area (Å²) in [5.41, 5.74) is 1.03. The van der Waals surface area contributed by atoms with Crippen LogP contribution in [0.25, 0.3) is 22.8 Å². The maximum atomic E-state index is 10.9. The number of nitrogens with zero attached hydrogens (tertiary/aromatic N) is 3. The Morgan fingerprint density at radius 1 is 1.07 bits per heavy atom. The van der Waals surface area contributed by atoms with E-state index in [1.165, 1.54) is 30.9 Å². The molecule has 0 unspecified atom stereocenters. The largest absolute Gasteiger partial charge is 0.464 e. The van der Waals surface area contributed by atoms with Gasteiger partial charge >= 0.3 is 0 Å². The molecule has 28 heavy (non-hydrogen) atoms. The van der Waals surface area contributed by atoms with Crippen LogP contribution in [0.5, 0.6) is 0 Å². The zero-order valence-corrected chi connectivity index (χ0v) is 14.2. The van der Waals surface area contributed by atoms with Crippen LogP contribution >= 0.6 is 0 Å². The maximum Gasteiger partial charge on any atom is 0.270 e. The van der Waals surface area contributed by atoms with E-state index < -0.39 is 4.92 Å². The van der Waals surface area contributed by atoms with E-state index in [0.29, 0.717) is 28.4 Å². The van der Waals surface area contributed by atoms with E-state index in [4.69, 9.17) is 13.3 Å². The van der Waals surface area contributed by atoms with Gasteiger partial charge in [-0.3, -0.25) is 10.1 Å². The molecule has 4 aromatic rings. The molecule has 0 saturated carbocycles. The number of benzene rings is 1. The Kier molecular flexibility index (Phi) is 4.32. The van der Waals surface area contributed by atoms with Gasteiger partial charge < -0.3 is 13.3 Å². The Morgan fingerprint density at radius 3 is 2.46 bits per heavy atom. The molecule has 1 aromatic carbocycles. The summed E-state index contributed by atoms with van der Waals surface area (Å²) in [6, 6.07) is 14.8. The highest BCUT2D eigenvalue weighted by atomic mass is 16.6. The zero-order valence-electron chi connectivity index (χ0n) is 14.2. The average Bonchev–Trinajstić information content (AvgIpc) is 3.46. The molecule has 0 aliphatic heterocycles. The van der Waals surface area contributed by atoms with E-state index in [2.05, 4.69) is 11.1 Å². The standard InChI is InChI=1S/C20H11N3O5/c21-11-15-18(16-6-2-8-26-16)19(17-7-3-9-27-17)28-20(15)22-12-13-4-1-5-14(10-13)23(24)25/h1-10,12H. The summed E-state index contributed by atoms with van der Waals surface area (Å²) >= 11 is 0. The number of rotatable bonds is 5. The van der Waals surface area contributed by atoms with Crippen LogP contribution in [0.15, 0.2) is 79.3 Å². The Labute approximate surface area is 158 Å². The molecule has 0 aliphatic rings. The fourth-order valence-corrected chi connectivity index (χ4v) is 2.70. The van der Waals surface area contributed by atoms with Gasteiger partial charge in [0.25, 0.3) is 5.69 Å². The molecule has 136 valence electrons. The molecule has 0 saturated heterocycles. The lowest BCUT2D eigenvalue weighted by molar-refractivity contribution is -0.384. The average molecular weight is 373 g/mol. The van der Waals surface area contributed by atoms with Crippen LogP contribution in [-0.4, -0.2) is 11.1 Å². The van der Waals surface area contributed by atoms with Crippen molar-refractivity contribution in [1.82, 2.24) is 0 Å². The molecule has 0 atom stereocenters. The molecule has 3 aromatic heterocycles. The van der Waals surface area contributed by atoms with Crippen molar-refractivity contribution in [2.75, 3.05) is 0 Å². The second kappa shape index (κ2) is 7.09. The Hall–Kier alpha value is -4.38. The molecule has 0 aliphatic carbocycles. The second-order valence-corrected chi connectivity index (χ2v) is 5.66. The summed E-state index contributed by atoms with van der Waals surface area (Å²) in [5.74, 6) is 1.21. The number of non-ortho nitro benzene ring substituents is 1. The summed E-state index contributed by atoms with van der Waals surface area (Å²) in [6.07, 6.45) is 4.37. The monoisotopic (exact) mass is 373 g/mol. The minimum absolute atomic E-state index is 0.0480. The van der Waals surface area contributed by atoms with Crippen molar-refractivity contribution in [3.05, 3.63) is 82.3 Å². The van der Waals surface area contributed by atoms with Gasteiger partial charge in [0.2, 0.25) is 5.88 Å². The molecule has 0 N–H and O–H groups in total. The van der Waals surface area contributed by atoms with Crippen molar-refractivity contribution in [1.29, 1.82) is 5.26 Å². The van der Waals surface area contributed by atoms with Crippen molar-refractivity contribution < 1.29 is 18.2 Å². The number of hydrogen-bond donors (Lipinski definition) is 0. The smallest absolute Gasteiger partial charge is 0.270 e. The lowest BCUT2D eigenvalue weighted by atomic mass is 10.1. The highest BCUT2D eigenvalue weighted by molar-refractivity contribution is 5.87. The molecule has 3 heterocycles. The summed E-state index contributed by atoms with van der Waals surface area (Å²) in [6.45, 7) is 0. The van der Waals surface area contributed by atoms with Crippen LogP contribution in [0.3, 0.4) is 0 Å². The van der Waals surface area contributed by atoms with E-state index in [1.54, 1.807) is 36.4 Å². The summed E-state index contributed by atoms with van der Waals surface area (Å²) in [4.78, 5) is 14.7. The highest BCUT2D eigenvalue weighted by Gasteiger charge is 2.26. The molecule has 0 radical (unpaired) electrons. The first-order chi connectivity index (χ1) is 13.7. The number of nitro groups is 1. The molecule has 0 spiro atoms. The lowest BCUT2D eigenvalue weighted by Gasteiger charge is -1.96. The van der Waals surface area contributed by atoms with Gasteiger partial charge in [0, 0.05) is 18.3 Å². The zero-order chi connectivity index (χ0) is 19.5. The van der Waals surface area contributed by atoms with Gasteiger partial charge in [-0.05, 0) is 29.8 Å². The number of nitriles is 1. The fraction of sp³-hybridized carbons (Fsp3) is 0. The lowest BCUT2D eigenvalue weighted by Crippen LogP contribution is -1.89. The van der Waals surface area contributed by atoms with Crippen LogP contribution in [0.1, 0.15) is 11.1 Å². The van der Waals surface area contributed by atoms with E-state index in [9.17, 15) is 15.4 Å². The first-order valence-electron chi connectivity index (χ1n) is 8.10. The Bertz CT molecular complexity index is 1200. The maximum absolute atomic E-state index is 10.9. The van der Waals surface area contributed by atoms with Crippen molar-refractivity contribution in [3.8, 4) is 28.9 Å². The Morgan fingerprint density at radius 2 is 1.82 bits per heavy atom. The molecule has 8 heteroatoms. The SMILES string of the molecule is N#Cc1c(N=Cc2cccc([N+](=O)[O-])c2)oc(-c2ccco2)c1-c1ccco1. The predicted molar refractivity (Wildman–Crippen MR) is 99.2 cm³/mol. The first kappa shape index (κ1) is 17.1. The van der Waals surface area contributed by atoms with Crippen LogP contribution in [0.2, 0.25) is 0 Å². The Balaban J connectivity index is 1.82. The first-order valence-corrected chi connectivity index (χ1v) is 8.10. The molecular formula is C20H11N3O5. The second-order valence-electron chi connectivity index (χ2n) is 5.66. The molecule has 0 bridgehead atoms. The van der Waals surface area contributed by atoms with Crippen molar-refractivity contribution >= 4 is 17.8 Å². The number of aliphatic imine (C=N–C) groups is 1. The normalized spacial score (nSPS) is 11.0. The van der Waals surface area contributed by atoms with Gasteiger partial charge in [0.05, 0.1) is 23.0 Å². The summed E-state index contributed by atoms with van der Waals surface area (Å²) < 4.78 is 16.6. The van der Waals surface area contributed by atoms with E-state index in [-0.39, 0.29) is 17.1 Å². The van der Waals surface area contributed by atoms with E-state index >= 15 is 0 Å². The third-order valence-corrected chi connectivity index (χ3v) is 3.93. The van der Waals surface area contributed by atoms with Crippen molar-refractivity contribution in [2.24, 2.45) is 4.99 Å². The van der Waals surface area contributed by atoms with Crippen molar-refractivity contribution in [2.45, 2.75) is 0 Å². The highest BCUT2D eigenvalue weighted by Crippen LogP contribution is 2.42. The van der Waals surface area contributed by atoms with Gasteiger partial charge in [-0.2, -0.15) is 5.26 Å². The number of furan rings is 3. The minimum atomic E-state index is -0.491. The quantitative estimate of drug-likeness (QED) is 0.265. The van der Waals surface area contributed by atoms with Gasteiger partial charge in [-0.15, -0.1) is 0 Å². The van der Waals surface area contributed by atoms with Gasteiger partial charge in [0.1, 0.15) is 17.4 Å². The van der Waals surface area contributed by atoms with Gasteiger partial charge in [-0.1, -0.05) is 12.1 Å². The number of nitro benzene ring substituents is 1. The molecule has 0 fully saturated rings.